The van der Waals surface area contributed by atoms with Crippen LogP contribution < -0.4 is 4.72 Å². The predicted octanol–water partition coefficient (Wildman–Crippen LogP) is -0.613. The van der Waals surface area contributed by atoms with Gasteiger partial charge in [0.2, 0.25) is 0 Å². The van der Waals surface area contributed by atoms with Crippen LogP contribution >= 0.6 is 0 Å². The average molecular weight is 280 g/mol. The Labute approximate surface area is 107 Å². The molecule has 0 aromatic heterocycles. The summed E-state index contributed by atoms with van der Waals surface area (Å²) in [7, 11) is -3.86. The lowest BCUT2D eigenvalue weighted by Crippen LogP contribution is -2.54. The maximum atomic E-state index is 12.0. The lowest BCUT2D eigenvalue weighted by atomic mass is 10.0. The van der Waals surface area contributed by atoms with E-state index in [4.69, 9.17) is 5.11 Å². The fraction of sp³-hybridized carbons (Fsp3) is 0.900. The lowest BCUT2D eigenvalue weighted by molar-refractivity contribution is -0.141. The topological polar surface area (TPSA) is 107 Å². The van der Waals surface area contributed by atoms with Crippen molar-refractivity contribution in [1.29, 1.82) is 0 Å². The minimum Gasteiger partial charge on any atom is -0.480 e. The second-order valence-electron chi connectivity index (χ2n) is 4.78. The monoisotopic (exact) mass is 280 g/mol. The molecule has 0 aromatic rings. The zero-order valence-corrected chi connectivity index (χ0v) is 11.4. The highest BCUT2D eigenvalue weighted by Crippen LogP contribution is 2.18. The van der Waals surface area contributed by atoms with Crippen LogP contribution in [0.1, 0.15) is 26.7 Å². The van der Waals surface area contributed by atoms with E-state index in [0.29, 0.717) is 13.1 Å². The number of carboxylic acid groups (broad SMARTS) is 1. The number of nitrogens with zero attached hydrogens (tertiary/aromatic N) is 1. The maximum Gasteiger partial charge on any atom is 0.324 e. The van der Waals surface area contributed by atoms with Gasteiger partial charge in [0.1, 0.15) is 6.04 Å². The van der Waals surface area contributed by atoms with Gasteiger partial charge in [-0.05, 0) is 25.7 Å². The Balaban J connectivity index is 2.77. The van der Waals surface area contributed by atoms with Gasteiger partial charge < -0.3 is 10.2 Å². The first-order valence-electron chi connectivity index (χ1n) is 5.92. The lowest BCUT2D eigenvalue weighted by Gasteiger charge is -2.31. The Hall–Kier alpha value is -0.700. The van der Waals surface area contributed by atoms with Crippen LogP contribution in [0.2, 0.25) is 0 Å². The molecule has 1 rings (SSSR count). The van der Waals surface area contributed by atoms with E-state index >= 15 is 0 Å². The molecule has 0 amide bonds. The quantitative estimate of drug-likeness (QED) is 0.622. The van der Waals surface area contributed by atoms with E-state index < -0.39 is 28.3 Å². The zero-order chi connectivity index (χ0) is 13.9. The fourth-order valence-electron chi connectivity index (χ4n) is 1.95. The summed E-state index contributed by atoms with van der Waals surface area (Å²) in [6.07, 6.45) is 0.429. The van der Waals surface area contributed by atoms with Crippen LogP contribution in [0.5, 0.6) is 0 Å². The Morgan fingerprint density at radius 1 is 1.50 bits per heavy atom. The van der Waals surface area contributed by atoms with Crippen LogP contribution in [0.3, 0.4) is 0 Å². The highest BCUT2D eigenvalue weighted by molar-refractivity contribution is 7.87. The van der Waals surface area contributed by atoms with Crippen molar-refractivity contribution in [3.63, 3.8) is 0 Å². The van der Waals surface area contributed by atoms with Crippen LogP contribution in [0.25, 0.3) is 0 Å². The second-order valence-corrected chi connectivity index (χ2v) is 6.49. The largest absolute Gasteiger partial charge is 0.480 e. The van der Waals surface area contributed by atoms with Crippen molar-refractivity contribution in [2.45, 2.75) is 38.8 Å². The minimum absolute atomic E-state index is 0.255. The SMILES string of the molecule is CC1CCCN(S(=O)(=O)N[C@H](C(=O)O)[C@@H](C)O)C1. The van der Waals surface area contributed by atoms with Crippen LogP contribution in [0, 0.1) is 5.92 Å². The predicted molar refractivity (Wildman–Crippen MR) is 65.1 cm³/mol. The first-order valence-corrected chi connectivity index (χ1v) is 7.36. The molecule has 1 heterocycles. The first kappa shape index (κ1) is 15.4. The van der Waals surface area contributed by atoms with Gasteiger partial charge in [-0.25, -0.2) is 0 Å². The van der Waals surface area contributed by atoms with Crippen molar-refractivity contribution < 1.29 is 23.4 Å². The van der Waals surface area contributed by atoms with Gasteiger partial charge in [0.25, 0.3) is 10.2 Å². The molecular weight excluding hydrogens is 260 g/mol. The van der Waals surface area contributed by atoms with Gasteiger partial charge in [0, 0.05) is 13.1 Å². The van der Waals surface area contributed by atoms with E-state index in [2.05, 4.69) is 0 Å². The average Bonchev–Trinajstić information content (AvgIpc) is 2.25. The second kappa shape index (κ2) is 5.96. The molecule has 1 aliphatic rings. The third-order valence-corrected chi connectivity index (χ3v) is 4.55. The number of aliphatic hydroxyl groups excluding tert-OH is 1. The number of aliphatic hydroxyl groups is 1. The molecule has 1 saturated heterocycles. The molecule has 7 nitrogen and oxygen atoms in total. The molecule has 8 heteroatoms. The van der Waals surface area contributed by atoms with Crippen molar-refractivity contribution >= 4 is 16.2 Å². The minimum atomic E-state index is -3.86. The van der Waals surface area contributed by atoms with Gasteiger partial charge >= 0.3 is 5.97 Å². The van der Waals surface area contributed by atoms with E-state index in [1.165, 1.54) is 11.2 Å². The molecule has 0 radical (unpaired) electrons. The Morgan fingerprint density at radius 3 is 2.56 bits per heavy atom. The smallest absolute Gasteiger partial charge is 0.324 e. The highest BCUT2D eigenvalue weighted by Gasteiger charge is 2.33. The van der Waals surface area contributed by atoms with Gasteiger partial charge in [-0.15, -0.1) is 0 Å². The summed E-state index contributed by atoms with van der Waals surface area (Å²) in [5, 5.41) is 18.1. The third kappa shape index (κ3) is 3.91. The van der Waals surface area contributed by atoms with Crippen LogP contribution in [-0.2, 0) is 15.0 Å². The number of aliphatic carboxylic acids is 1. The molecule has 0 aliphatic carbocycles. The Kier molecular flexibility index (Phi) is 5.09. The first-order chi connectivity index (χ1) is 8.24. The molecule has 1 fully saturated rings. The summed E-state index contributed by atoms with van der Waals surface area (Å²) in [5.41, 5.74) is 0. The normalized spacial score (nSPS) is 25.6. The number of piperidine rings is 1. The highest BCUT2D eigenvalue weighted by atomic mass is 32.2. The summed E-state index contributed by atoms with van der Waals surface area (Å²) < 4.78 is 27.2. The van der Waals surface area contributed by atoms with E-state index in [-0.39, 0.29) is 5.92 Å². The van der Waals surface area contributed by atoms with E-state index in [1.54, 1.807) is 0 Å². The van der Waals surface area contributed by atoms with Gasteiger partial charge in [-0.2, -0.15) is 17.4 Å². The van der Waals surface area contributed by atoms with E-state index in [0.717, 1.165) is 12.8 Å². The van der Waals surface area contributed by atoms with Crippen molar-refractivity contribution in [1.82, 2.24) is 9.03 Å². The molecule has 106 valence electrons. The van der Waals surface area contributed by atoms with Crippen molar-refractivity contribution in [2.75, 3.05) is 13.1 Å². The third-order valence-electron chi connectivity index (χ3n) is 2.98. The van der Waals surface area contributed by atoms with Crippen molar-refractivity contribution in [3.05, 3.63) is 0 Å². The number of hydrogen-bond acceptors (Lipinski definition) is 4. The maximum absolute atomic E-state index is 12.0. The Morgan fingerprint density at radius 2 is 2.11 bits per heavy atom. The summed E-state index contributed by atoms with van der Waals surface area (Å²) >= 11 is 0. The molecule has 1 unspecified atom stereocenters. The van der Waals surface area contributed by atoms with Crippen LogP contribution in [0.15, 0.2) is 0 Å². The molecule has 3 N–H and O–H groups in total. The summed E-state index contributed by atoms with van der Waals surface area (Å²) in [4.78, 5) is 10.9. The number of carboxylic acids is 1. The molecule has 18 heavy (non-hydrogen) atoms. The van der Waals surface area contributed by atoms with Gasteiger partial charge in [-0.1, -0.05) is 6.92 Å². The molecule has 0 spiro atoms. The number of nitrogens with one attached hydrogen (secondary N) is 1. The summed E-state index contributed by atoms with van der Waals surface area (Å²) in [5.74, 6) is -1.14. The molecular formula is C10H20N2O5S. The van der Waals surface area contributed by atoms with Crippen LogP contribution in [0.4, 0.5) is 0 Å². The van der Waals surface area contributed by atoms with Crippen molar-refractivity contribution in [2.24, 2.45) is 5.92 Å². The van der Waals surface area contributed by atoms with E-state index in [9.17, 15) is 18.3 Å². The fourth-order valence-corrected chi connectivity index (χ4v) is 3.54. The van der Waals surface area contributed by atoms with Gasteiger partial charge in [0.05, 0.1) is 6.10 Å². The van der Waals surface area contributed by atoms with E-state index in [1.807, 2.05) is 11.6 Å². The molecule has 0 saturated carbocycles. The number of rotatable bonds is 5. The Bertz CT molecular complexity index is 395. The number of carbonyl (C=O) groups is 1. The molecule has 0 bridgehead atoms. The van der Waals surface area contributed by atoms with Crippen molar-refractivity contribution in [3.8, 4) is 0 Å². The van der Waals surface area contributed by atoms with Gasteiger partial charge in [0.15, 0.2) is 0 Å². The molecule has 3 atom stereocenters. The molecule has 1 aliphatic heterocycles. The van der Waals surface area contributed by atoms with Crippen LogP contribution in [-0.4, -0.2) is 54.1 Å². The summed E-state index contributed by atoms with van der Waals surface area (Å²) in [6.45, 7) is 3.94. The summed E-state index contributed by atoms with van der Waals surface area (Å²) in [6, 6.07) is -1.52. The molecule has 0 aromatic carbocycles. The van der Waals surface area contributed by atoms with Gasteiger partial charge in [-0.3, -0.25) is 4.79 Å². The standard InChI is InChI=1S/C10H20N2O5S/c1-7-4-3-5-12(6-7)18(16,17)11-9(8(2)13)10(14)15/h7-9,11,13H,3-6H2,1-2H3,(H,14,15)/t7?,8-,9+/m1/s1. The zero-order valence-electron chi connectivity index (χ0n) is 10.5. The number of hydrogen-bond donors (Lipinski definition) is 3.